The van der Waals surface area contributed by atoms with E-state index in [-0.39, 0.29) is 36.8 Å². The van der Waals surface area contributed by atoms with E-state index < -0.39 is 0 Å². The fourth-order valence-corrected chi connectivity index (χ4v) is 0.458. The van der Waals surface area contributed by atoms with Crippen LogP contribution in [-0.2, 0) is 4.79 Å². The molecule has 0 aliphatic heterocycles. The molecule has 5 heteroatoms. The molecule has 0 aromatic heterocycles. The Morgan fingerprint density at radius 2 is 1.82 bits per heavy atom. The summed E-state index contributed by atoms with van der Waals surface area (Å²) in [5, 5.41) is 0. The molecule has 0 rings (SSSR count). The molecule has 11 heavy (non-hydrogen) atoms. The van der Waals surface area contributed by atoms with Crippen molar-refractivity contribution in [1.29, 1.82) is 0 Å². The lowest BCUT2D eigenvalue weighted by atomic mass is 10.2. The number of halogens is 2. The normalized spacial score (nSPS) is 10.5. The van der Waals surface area contributed by atoms with Gasteiger partial charge in [-0.2, -0.15) is 0 Å². The van der Waals surface area contributed by atoms with E-state index in [0.717, 1.165) is 0 Å². The van der Waals surface area contributed by atoms with Crippen LogP contribution in [0.1, 0.15) is 13.3 Å². The smallest absolute Gasteiger partial charge is 0.223 e. The highest BCUT2D eigenvalue weighted by Gasteiger charge is 2.05. The van der Waals surface area contributed by atoms with Crippen molar-refractivity contribution in [2.24, 2.45) is 5.73 Å². The standard InChI is InChI=1S/C6H14N2O.2ClH/c1-5(7)4-6(9)8(2)3;;/h5H,4,7H2,1-3H3;2*1H. The highest BCUT2D eigenvalue weighted by atomic mass is 35.5. The van der Waals surface area contributed by atoms with Crippen molar-refractivity contribution in [3.8, 4) is 0 Å². The van der Waals surface area contributed by atoms with Crippen molar-refractivity contribution in [2.75, 3.05) is 14.1 Å². The third-order valence-corrected chi connectivity index (χ3v) is 0.995. The number of rotatable bonds is 2. The average molecular weight is 203 g/mol. The summed E-state index contributed by atoms with van der Waals surface area (Å²) in [5.74, 6) is 0.0880. The second-order valence-corrected chi connectivity index (χ2v) is 2.47. The fraction of sp³-hybridized carbons (Fsp3) is 0.833. The third kappa shape index (κ3) is 10.0. The molecule has 1 unspecified atom stereocenters. The summed E-state index contributed by atoms with van der Waals surface area (Å²) in [6.45, 7) is 1.82. The molecule has 0 spiro atoms. The second kappa shape index (κ2) is 8.11. The summed E-state index contributed by atoms with van der Waals surface area (Å²) in [4.78, 5) is 12.3. The van der Waals surface area contributed by atoms with Crippen molar-refractivity contribution in [2.45, 2.75) is 19.4 Å². The predicted molar refractivity (Wildman–Crippen MR) is 51.5 cm³/mol. The summed E-state index contributed by atoms with van der Waals surface area (Å²) < 4.78 is 0. The van der Waals surface area contributed by atoms with Gasteiger partial charge in [0.2, 0.25) is 5.91 Å². The van der Waals surface area contributed by atoms with E-state index in [0.29, 0.717) is 6.42 Å². The van der Waals surface area contributed by atoms with Crippen LogP contribution in [0.4, 0.5) is 0 Å². The number of hydrogen-bond acceptors (Lipinski definition) is 2. The van der Waals surface area contributed by atoms with Gasteiger partial charge in [-0.3, -0.25) is 4.79 Å². The van der Waals surface area contributed by atoms with E-state index >= 15 is 0 Å². The zero-order valence-corrected chi connectivity index (χ0v) is 8.67. The van der Waals surface area contributed by atoms with Crippen LogP contribution in [0.25, 0.3) is 0 Å². The summed E-state index contributed by atoms with van der Waals surface area (Å²) in [6, 6.07) is -0.0279. The monoisotopic (exact) mass is 202 g/mol. The first kappa shape index (κ1) is 17.2. The lowest BCUT2D eigenvalue weighted by molar-refractivity contribution is -0.128. The highest BCUT2D eigenvalue weighted by Crippen LogP contribution is 1.89. The number of nitrogens with zero attached hydrogens (tertiary/aromatic N) is 1. The Morgan fingerprint density at radius 1 is 1.45 bits per heavy atom. The number of nitrogens with two attached hydrogens (primary N) is 1. The van der Waals surface area contributed by atoms with Gasteiger partial charge in [-0.1, -0.05) is 0 Å². The Balaban J connectivity index is -0.000000320. The van der Waals surface area contributed by atoms with E-state index in [1.165, 1.54) is 0 Å². The lowest BCUT2D eigenvalue weighted by Gasteiger charge is -2.11. The zero-order valence-electron chi connectivity index (χ0n) is 7.03. The number of hydrogen-bond donors (Lipinski definition) is 1. The van der Waals surface area contributed by atoms with Crippen LogP contribution in [0.5, 0.6) is 0 Å². The maximum atomic E-state index is 10.8. The lowest BCUT2D eigenvalue weighted by Crippen LogP contribution is -2.28. The maximum absolute atomic E-state index is 10.8. The van der Waals surface area contributed by atoms with Gasteiger partial charge < -0.3 is 10.6 Å². The fourth-order valence-electron chi connectivity index (χ4n) is 0.458. The van der Waals surface area contributed by atoms with Gasteiger partial charge in [0.05, 0.1) is 0 Å². The van der Waals surface area contributed by atoms with Crippen molar-refractivity contribution in [3.63, 3.8) is 0 Å². The first-order valence-electron chi connectivity index (χ1n) is 2.99. The minimum Gasteiger partial charge on any atom is -0.349 e. The van der Waals surface area contributed by atoms with E-state index in [1.807, 2.05) is 6.92 Å². The van der Waals surface area contributed by atoms with E-state index in [2.05, 4.69) is 0 Å². The maximum Gasteiger partial charge on any atom is 0.223 e. The van der Waals surface area contributed by atoms with Crippen LogP contribution in [0.3, 0.4) is 0 Å². The molecular weight excluding hydrogens is 187 g/mol. The SMILES string of the molecule is CC(N)CC(=O)N(C)C.Cl.Cl. The van der Waals surface area contributed by atoms with Crippen molar-refractivity contribution in [1.82, 2.24) is 4.90 Å². The van der Waals surface area contributed by atoms with E-state index in [4.69, 9.17) is 5.73 Å². The van der Waals surface area contributed by atoms with Crippen LogP contribution in [0.2, 0.25) is 0 Å². The molecule has 70 valence electrons. The molecule has 1 amide bonds. The summed E-state index contributed by atoms with van der Waals surface area (Å²) in [6.07, 6.45) is 0.438. The van der Waals surface area contributed by atoms with Gasteiger partial charge >= 0.3 is 0 Å². The number of amides is 1. The first-order valence-corrected chi connectivity index (χ1v) is 2.99. The van der Waals surface area contributed by atoms with Gasteiger partial charge in [-0.05, 0) is 6.92 Å². The van der Waals surface area contributed by atoms with Gasteiger partial charge in [-0.25, -0.2) is 0 Å². The molecule has 1 atom stereocenters. The van der Waals surface area contributed by atoms with Gasteiger partial charge in [0.1, 0.15) is 0 Å². The minimum atomic E-state index is -0.0279. The molecular formula is C6H16Cl2N2O. The average Bonchev–Trinajstić information content (AvgIpc) is 1.63. The Labute approximate surface area is 80.1 Å². The molecule has 0 aromatic rings. The summed E-state index contributed by atoms with van der Waals surface area (Å²) in [5.41, 5.74) is 5.38. The third-order valence-electron chi connectivity index (χ3n) is 0.995. The Bertz CT molecular complexity index is 107. The quantitative estimate of drug-likeness (QED) is 0.716. The Hall–Kier alpha value is 0.01000. The van der Waals surface area contributed by atoms with Gasteiger partial charge in [0.15, 0.2) is 0 Å². The van der Waals surface area contributed by atoms with E-state index in [1.54, 1.807) is 19.0 Å². The molecule has 0 aliphatic rings. The molecule has 0 bridgehead atoms. The van der Waals surface area contributed by atoms with Crippen LogP contribution >= 0.6 is 24.8 Å². The Morgan fingerprint density at radius 3 is 1.91 bits per heavy atom. The molecule has 0 saturated heterocycles. The first-order chi connectivity index (χ1) is 4.04. The predicted octanol–water partition coefficient (Wildman–Crippen LogP) is 0.656. The van der Waals surface area contributed by atoms with Crippen LogP contribution in [0, 0.1) is 0 Å². The van der Waals surface area contributed by atoms with Crippen LogP contribution in [-0.4, -0.2) is 30.9 Å². The molecule has 0 heterocycles. The van der Waals surface area contributed by atoms with Crippen molar-refractivity contribution in [3.05, 3.63) is 0 Å². The van der Waals surface area contributed by atoms with Gasteiger partial charge in [0.25, 0.3) is 0 Å². The topological polar surface area (TPSA) is 46.3 Å². The zero-order chi connectivity index (χ0) is 7.44. The molecule has 0 aromatic carbocycles. The van der Waals surface area contributed by atoms with Crippen molar-refractivity contribution >= 4 is 30.7 Å². The molecule has 0 saturated carbocycles. The highest BCUT2D eigenvalue weighted by molar-refractivity contribution is 5.85. The number of carbonyl (C=O) groups is 1. The molecule has 0 aliphatic carbocycles. The second-order valence-electron chi connectivity index (χ2n) is 2.47. The molecule has 0 fully saturated rings. The summed E-state index contributed by atoms with van der Waals surface area (Å²) >= 11 is 0. The van der Waals surface area contributed by atoms with Crippen LogP contribution in [0.15, 0.2) is 0 Å². The molecule has 0 radical (unpaired) electrons. The molecule has 3 nitrogen and oxygen atoms in total. The van der Waals surface area contributed by atoms with E-state index in [9.17, 15) is 4.79 Å². The van der Waals surface area contributed by atoms with Gasteiger partial charge in [-0.15, -0.1) is 24.8 Å². The number of carbonyl (C=O) groups excluding carboxylic acids is 1. The summed E-state index contributed by atoms with van der Waals surface area (Å²) in [7, 11) is 3.45. The minimum absolute atomic E-state index is 0. The molecule has 2 N–H and O–H groups in total. The largest absolute Gasteiger partial charge is 0.349 e. The van der Waals surface area contributed by atoms with Crippen LogP contribution < -0.4 is 5.73 Å². The van der Waals surface area contributed by atoms with Gasteiger partial charge in [0, 0.05) is 26.6 Å². The Kier molecular flexibility index (Phi) is 12.7. The van der Waals surface area contributed by atoms with Crippen molar-refractivity contribution < 1.29 is 4.79 Å².